The Kier molecular flexibility index (Phi) is 2.68. The van der Waals surface area contributed by atoms with E-state index in [1.807, 2.05) is 0 Å². The highest BCUT2D eigenvalue weighted by molar-refractivity contribution is 5.93. The molecule has 0 radical (unpaired) electrons. The molecule has 92 valence electrons. The predicted octanol–water partition coefficient (Wildman–Crippen LogP) is 1.74. The molecule has 0 aromatic carbocycles. The minimum Gasteiger partial charge on any atom is -0.488 e. The molecular formula is C10H9F3N2O2. The molecule has 1 fully saturated rings. The summed E-state index contributed by atoms with van der Waals surface area (Å²) in [6.07, 6.45) is -3.02. The Balaban J connectivity index is 2.36. The number of nitrogens with zero attached hydrogens (tertiary/aromatic N) is 1. The van der Waals surface area contributed by atoms with Crippen molar-refractivity contribution in [2.24, 2.45) is 5.73 Å². The molecule has 17 heavy (non-hydrogen) atoms. The van der Waals surface area contributed by atoms with E-state index < -0.39 is 23.5 Å². The van der Waals surface area contributed by atoms with Crippen molar-refractivity contribution in [2.75, 3.05) is 0 Å². The van der Waals surface area contributed by atoms with Crippen LogP contribution in [0, 0.1) is 0 Å². The molecule has 1 aliphatic carbocycles. The number of halogens is 3. The van der Waals surface area contributed by atoms with Crippen LogP contribution in [-0.2, 0) is 6.18 Å². The molecule has 4 nitrogen and oxygen atoms in total. The first kappa shape index (κ1) is 11.7. The molecule has 1 amide bonds. The SMILES string of the molecule is NC(=O)c1nc(C(F)(F)F)ccc1OC1CC1. The molecular weight excluding hydrogens is 237 g/mol. The molecule has 1 heterocycles. The lowest BCUT2D eigenvalue weighted by atomic mass is 10.2. The lowest BCUT2D eigenvalue weighted by Gasteiger charge is -2.11. The number of carbonyl (C=O) groups is 1. The fourth-order valence-electron chi connectivity index (χ4n) is 1.24. The van der Waals surface area contributed by atoms with E-state index in [0.29, 0.717) is 0 Å². The summed E-state index contributed by atoms with van der Waals surface area (Å²) in [5.41, 5.74) is 3.34. The second-order valence-electron chi connectivity index (χ2n) is 3.72. The summed E-state index contributed by atoms with van der Waals surface area (Å²) in [6.45, 7) is 0. The summed E-state index contributed by atoms with van der Waals surface area (Å²) in [5, 5.41) is 0. The lowest BCUT2D eigenvalue weighted by molar-refractivity contribution is -0.141. The number of pyridine rings is 1. The second kappa shape index (κ2) is 3.90. The Morgan fingerprint density at radius 3 is 2.53 bits per heavy atom. The van der Waals surface area contributed by atoms with Crippen LogP contribution in [0.15, 0.2) is 12.1 Å². The molecule has 1 saturated carbocycles. The molecule has 0 aliphatic heterocycles. The van der Waals surface area contributed by atoms with Gasteiger partial charge in [-0.15, -0.1) is 0 Å². The van der Waals surface area contributed by atoms with Crippen LogP contribution in [0.4, 0.5) is 13.2 Å². The highest BCUT2D eigenvalue weighted by Crippen LogP contribution is 2.32. The van der Waals surface area contributed by atoms with E-state index in [-0.39, 0.29) is 11.9 Å². The Bertz CT molecular complexity index is 455. The number of carbonyl (C=O) groups excluding carboxylic acids is 1. The number of alkyl halides is 3. The number of rotatable bonds is 3. The van der Waals surface area contributed by atoms with Gasteiger partial charge in [-0.3, -0.25) is 4.79 Å². The zero-order valence-electron chi connectivity index (χ0n) is 8.62. The molecule has 0 bridgehead atoms. The molecule has 1 aromatic rings. The molecule has 7 heteroatoms. The molecule has 1 aromatic heterocycles. The van der Waals surface area contributed by atoms with Crippen molar-refractivity contribution in [3.8, 4) is 5.75 Å². The smallest absolute Gasteiger partial charge is 0.433 e. The van der Waals surface area contributed by atoms with E-state index >= 15 is 0 Å². The fourth-order valence-corrected chi connectivity index (χ4v) is 1.24. The summed E-state index contributed by atoms with van der Waals surface area (Å²) >= 11 is 0. The van der Waals surface area contributed by atoms with Gasteiger partial charge in [0, 0.05) is 0 Å². The summed E-state index contributed by atoms with van der Waals surface area (Å²) < 4.78 is 42.4. The van der Waals surface area contributed by atoms with E-state index in [9.17, 15) is 18.0 Å². The molecule has 0 spiro atoms. The molecule has 0 saturated heterocycles. The minimum atomic E-state index is -4.61. The number of hydrogen-bond acceptors (Lipinski definition) is 3. The van der Waals surface area contributed by atoms with Crippen molar-refractivity contribution >= 4 is 5.91 Å². The van der Waals surface area contributed by atoms with Crippen molar-refractivity contribution in [1.29, 1.82) is 0 Å². The number of nitrogens with two attached hydrogens (primary N) is 1. The van der Waals surface area contributed by atoms with Crippen molar-refractivity contribution in [3.05, 3.63) is 23.5 Å². The van der Waals surface area contributed by atoms with Gasteiger partial charge in [-0.25, -0.2) is 4.98 Å². The number of primary amides is 1. The van der Waals surface area contributed by atoms with Crippen molar-refractivity contribution < 1.29 is 22.7 Å². The first-order valence-electron chi connectivity index (χ1n) is 4.92. The summed E-state index contributed by atoms with van der Waals surface area (Å²) in [7, 11) is 0. The van der Waals surface area contributed by atoms with E-state index in [1.165, 1.54) is 0 Å². The molecule has 2 N–H and O–H groups in total. The van der Waals surface area contributed by atoms with Crippen LogP contribution < -0.4 is 10.5 Å². The minimum absolute atomic E-state index is 0.00741. The van der Waals surface area contributed by atoms with Crippen molar-refractivity contribution in [2.45, 2.75) is 25.1 Å². The first-order valence-corrected chi connectivity index (χ1v) is 4.92. The summed E-state index contributed by atoms with van der Waals surface area (Å²) in [6, 6.07) is 1.85. The molecule has 0 atom stereocenters. The van der Waals surface area contributed by atoms with Gasteiger partial charge in [-0.05, 0) is 25.0 Å². The second-order valence-corrected chi connectivity index (χ2v) is 3.72. The van der Waals surface area contributed by atoms with Crippen LogP contribution >= 0.6 is 0 Å². The topological polar surface area (TPSA) is 65.2 Å². The van der Waals surface area contributed by atoms with E-state index in [0.717, 1.165) is 25.0 Å². The van der Waals surface area contributed by atoms with Gasteiger partial charge in [-0.1, -0.05) is 0 Å². The zero-order chi connectivity index (χ0) is 12.6. The Hall–Kier alpha value is -1.79. The zero-order valence-corrected chi connectivity index (χ0v) is 8.62. The fraction of sp³-hybridized carbons (Fsp3) is 0.400. The van der Waals surface area contributed by atoms with Crippen LogP contribution in [0.5, 0.6) is 5.75 Å². The quantitative estimate of drug-likeness (QED) is 0.883. The van der Waals surface area contributed by atoms with Gasteiger partial charge < -0.3 is 10.5 Å². The van der Waals surface area contributed by atoms with Crippen LogP contribution in [0.25, 0.3) is 0 Å². The molecule has 2 rings (SSSR count). The number of amides is 1. The van der Waals surface area contributed by atoms with Gasteiger partial charge in [0.25, 0.3) is 5.91 Å². The number of aromatic nitrogens is 1. The highest BCUT2D eigenvalue weighted by atomic mass is 19.4. The van der Waals surface area contributed by atoms with Gasteiger partial charge in [0.1, 0.15) is 5.69 Å². The van der Waals surface area contributed by atoms with Gasteiger partial charge in [-0.2, -0.15) is 13.2 Å². The number of ether oxygens (including phenoxy) is 1. The van der Waals surface area contributed by atoms with Crippen LogP contribution in [-0.4, -0.2) is 17.0 Å². The molecule has 1 aliphatic rings. The Morgan fingerprint density at radius 1 is 1.41 bits per heavy atom. The van der Waals surface area contributed by atoms with Crippen molar-refractivity contribution in [1.82, 2.24) is 4.98 Å². The third-order valence-corrected chi connectivity index (χ3v) is 2.20. The largest absolute Gasteiger partial charge is 0.488 e. The molecule has 0 unspecified atom stereocenters. The lowest BCUT2D eigenvalue weighted by Crippen LogP contribution is -2.19. The summed E-state index contributed by atoms with van der Waals surface area (Å²) in [5.74, 6) is -1.03. The third kappa shape index (κ3) is 2.66. The first-order chi connectivity index (χ1) is 7.88. The van der Waals surface area contributed by atoms with E-state index in [2.05, 4.69) is 4.98 Å². The van der Waals surface area contributed by atoms with Gasteiger partial charge >= 0.3 is 6.18 Å². The number of hydrogen-bond donors (Lipinski definition) is 1. The maximum absolute atomic E-state index is 12.4. The third-order valence-electron chi connectivity index (χ3n) is 2.20. The van der Waals surface area contributed by atoms with Gasteiger partial charge in [0.2, 0.25) is 0 Å². The monoisotopic (exact) mass is 246 g/mol. The van der Waals surface area contributed by atoms with Crippen LogP contribution in [0.3, 0.4) is 0 Å². The van der Waals surface area contributed by atoms with Gasteiger partial charge in [0.05, 0.1) is 6.10 Å². The van der Waals surface area contributed by atoms with Crippen LogP contribution in [0.1, 0.15) is 29.0 Å². The van der Waals surface area contributed by atoms with E-state index in [4.69, 9.17) is 10.5 Å². The van der Waals surface area contributed by atoms with Crippen molar-refractivity contribution in [3.63, 3.8) is 0 Å². The normalized spacial score (nSPS) is 15.7. The average molecular weight is 246 g/mol. The predicted molar refractivity (Wildman–Crippen MR) is 51.4 cm³/mol. The summed E-state index contributed by atoms with van der Waals surface area (Å²) in [4.78, 5) is 14.2. The standard InChI is InChI=1S/C10H9F3N2O2/c11-10(12,13)7-4-3-6(17-5-1-2-5)8(15-7)9(14)16/h3-5H,1-2H2,(H2,14,16). The highest BCUT2D eigenvalue weighted by Gasteiger charge is 2.34. The van der Waals surface area contributed by atoms with Crippen LogP contribution in [0.2, 0.25) is 0 Å². The maximum atomic E-state index is 12.4. The average Bonchev–Trinajstić information content (AvgIpc) is 3.00. The maximum Gasteiger partial charge on any atom is 0.433 e. The van der Waals surface area contributed by atoms with Gasteiger partial charge in [0.15, 0.2) is 11.4 Å². The Labute approximate surface area is 94.6 Å². The van der Waals surface area contributed by atoms with E-state index in [1.54, 1.807) is 0 Å². The Morgan fingerprint density at radius 2 is 2.06 bits per heavy atom.